The van der Waals surface area contributed by atoms with Gasteiger partial charge in [0.1, 0.15) is 0 Å². The fourth-order valence-electron chi connectivity index (χ4n) is 3.42. The molecule has 0 spiro atoms. The van der Waals surface area contributed by atoms with Gasteiger partial charge in [0.25, 0.3) is 0 Å². The van der Waals surface area contributed by atoms with Gasteiger partial charge in [0.2, 0.25) is 11.8 Å². The van der Waals surface area contributed by atoms with Gasteiger partial charge in [-0.15, -0.1) is 11.3 Å². The van der Waals surface area contributed by atoms with Crippen molar-refractivity contribution in [2.75, 3.05) is 13.1 Å². The number of nitrogens with zero attached hydrogens (tertiary/aromatic N) is 2. The van der Waals surface area contributed by atoms with Crippen molar-refractivity contribution in [1.82, 2.24) is 9.80 Å². The van der Waals surface area contributed by atoms with Gasteiger partial charge in [-0.2, -0.15) is 0 Å². The van der Waals surface area contributed by atoms with Crippen molar-refractivity contribution in [3.8, 4) is 0 Å². The van der Waals surface area contributed by atoms with Gasteiger partial charge in [0.05, 0.1) is 13.1 Å². The molecule has 1 heterocycles. The molecule has 2 rings (SSSR count). The van der Waals surface area contributed by atoms with Gasteiger partial charge in [-0.1, -0.05) is 63.9 Å². The van der Waals surface area contributed by atoms with Crippen LogP contribution in [0.2, 0.25) is 0 Å². The fourth-order valence-corrected chi connectivity index (χ4v) is 4.34. The van der Waals surface area contributed by atoms with E-state index in [4.69, 9.17) is 0 Å². The molecule has 5 heteroatoms. The van der Waals surface area contributed by atoms with Crippen molar-refractivity contribution in [2.24, 2.45) is 5.92 Å². The van der Waals surface area contributed by atoms with Crippen LogP contribution in [0.4, 0.5) is 0 Å². The molecule has 4 nitrogen and oxygen atoms in total. The summed E-state index contributed by atoms with van der Waals surface area (Å²) >= 11 is 1.68. The van der Waals surface area contributed by atoms with E-state index < -0.39 is 0 Å². The highest BCUT2D eigenvalue weighted by molar-refractivity contribution is 7.10. The zero-order valence-corrected chi connectivity index (χ0v) is 19.7. The van der Waals surface area contributed by atoms with Crippen molar-refractivity contribution in [1.29, 1.82) is 0 Å². The third kappa shape index (κ3) is 7.94. The summed E-state index contributed by atoms with van der Waals surface area (Å²) in [5, 5.41) is 2.07. The van der Waals surface area contributed by atoms with Crippen LogP contribution in [0.15, 0.2) is 41.8 Å². The van der Waals surface area contributed by atoms with Crippen LogP contribution in [0.5, 0.6) is 0 Å². The lowest BCUT2D eigenvalue weighted by atomic mass is 10.1. The zero-order chi connectivity index (χ0) is 21.9. The van der Waals surface area contributed by atoms with Crippen LogP contribution < -0.4 is 0 Å². The summed E-state index contributed by atoms with van der Waals surface area (Å²) < 4.78 is 0. The molecule has 1 aromatic heterocycles. The molecule has 1 aromatic carbocycles. The van der Waals surface area contributed by atoms with Crippen LogP contribution in [0.25, 0.3) is 0 Å². The standard InChI is InChI=1S/C25H36N2O2S/c1-5-6-8-13-24(28)26(16-20(2)3)19-25(29)27(17-22-11-9-7-10-12-22)18-23-21(4)14-15-30-23/h7,9-12,14-15,20H,5-6,8,13,16-19H2,1-4H3. The van der Waals surface area contributed by atoms with Crippen LogP contribution in [0, 0.1) is 12.8 Å². The molecule has 0 N–H and O–H groups in total. The Labute approximate surface area is 185 Å². The number of carbonyl (C=O) groups is 2. The third-order valence-electron chi connectivity index (χ3n) is 5.13. The van der Waals surface area contributed by atoms with Crippen LogP contribution in [0.3, 0.4) is 0 Å². The van der Waals surface area contributed by atoms with Gasteiger partial charge in [0.15, 0.2) is 0 Å². The highest BCUT2D eigenvalue weighted by atomic mass is 32.1. The molecule has 0 fully saturated rings. The summed E-state index contributed by atoms with van der Waals surface area (Å²) in [5.74, 6) is 0.434. The molecule has 0 unspecified atom stereocenters. The molecule has 0 aliphatic heterocycles. The SMILES string of the molecule is CCCCCC(=O)N(CC(=O)N(Cc1ccccc1)Cc1sccc1C)CC(C)C. The zero-order valence-electron chi connectivity index (χ0n) is 18.9. The second-order valence-corrected chi connectivity index (χ2v) is 9.39. The van der Waals surface area contributed by atoms with Crippen LogP contribution in [-0.2, 0) is 22.7 Å². The number of benzene rings is 1. The quantitative estimate of drug-likeness (QED) is 0.410. The maximum Gasteiger partial charge on any atom is 0.242 e. The van der Waals surface area contributed by atoms with Crippen molar-refractivity contribution in [3.63, 3.8) is 0 Å². The lowest BCUT2D eigenvalue weighted by Crippen LogP contribution is -2.43. The molecule has 0 bridgehead atoms. The summed E-state index contributed by atoms with van der Waals surface area (Å²) in [6.45, 7) is 10.3. The van der Waals surface area contributed by atoms with Crippen LogP contribution in [0.1, 0.15) is 62.5 Å². The maximum absolute atomic E-state index is 13.3. The van der Waals surface area contributed by atoms with Gasteiger partial charge in [0, 0.05) is 24.4 Å². The lowest BCUT2D eigenvalue weighted by molar-refractivity contribution is -0.141. The Morgan fingerprint density at radius 2 is 1.70 bits per heavy atom. The topological polar surface area (TPSA) is 40.6 Å². The molecule has 2 amide bonds. The normalized spacial score (nSPS) is 11.0. The molecule has 0 atom stereocenters. The number of carbonyl (C=O) groups excluding carboxylic acids is 2. The molecule has 2 aromatic rings. The van der Waals surface area contributed by atoms with Gasteiger partial charge in [-0.3, -0.25) is 9.59 Å². The molecule has 0 radical (unpaired) electrons. The summed E-state index contributed by atoms with van der Waals surface area (Å²) in [6.07, 6.45) is 3.55. The van der Waals surface area contributed by atoms with Crippen molar-refractivity contribution >= 4 is 23.2 Å². The molecular weight excluding hydrogens is 392 g/mol. The first kappa shape index (κ1) is 24.1. The van der Waals surface area contributed by atoms with E-state index in [-0.39, 0.29) is 18.4 Å². The first-order valence-electron chi connectivity index (χ1n) is 11.0. The van der Waals surface area contributed by atoms with Crippen molar-refractivity contribution in [3.05, 3.63) is 57.8 Å². The van der Waals surface area contributed by atoms with Gasteiger partial charge >= 0.3 is 0 Å². The highest BCUT2D eigenvalue weighted by Crippen LogP contribution is 2.20. The molecular formula is C25H36N2O2S. The molecule has 30 heavy (non-hydrogen) atoms. The minimum Gasteiger partial charge on any atom is -0.333 e. The van der Waals surface area contributed by atoms with E-state index in [0.29, 0.717) is 32.0 Å². The van der Waals surface area contributed by atoms with Crippen molar-refractivity contribution < 1.29 is 9.59 Å². The van der Waals surface area contributed by atoms with E-state index >= 15 is 0 Å². The number of aryl methyl sites for hydroxylation is 1. The molecule has 0 aliphatic carbocycles. The first-order valence-corrected chi connectivity index (χ1v) is 11.9. The summed E-state index contributed by atoms with van der Waals surface area (Å²) in [6, 6.07) is 12.2. The number of hydrogen-bond acceptors (Lipinski definition) is 3. The van der Waals surface area contributed by atoms with Gasteiger partial charge in [-0.05, 0) is 41.8 Å². The Morgan fingerprint density at radius 1 is 0.967 bits per heavy atom. The molecule has 0 saturated carbocycles. The third-order valence-corrected chi connectivity index (χ3v) is 6.14. The van der Waals surface area contributed by atoms with Crippen LogP contribution in [-0.4, -0.2) is 34.7 Å². The van der Waals surface area contributed by atoms with E-state index in [9.17, 15) is 9.59 Å². The second-order valence-electron chi connectivity index (χ2n) is 8.39. The second kappa shape index (κ2) is 12.5. The number of hydrogen-bond donors (Lipinski definition) is 0. The van der Waals surface area contributed by atoms with Crippen LogP contribution >= 0.6 is 11.3 Å². The predicted molar refractivity (Wildman–Crippen MR) is 125 cm³/mol. The highest BCUT2D eigenvalue weighted by Gasteiger charge is 2.23. The Hall–Kier alpha value is -2.14. The van der Waals surface area contributed by atoms with E-state index in [0.717, 1.165) is 24.8 Å². The average Bonchev–Trinajstić information content (AvgIpc) is 3.12. The summed E-state index contributed by atoms with van der Waals surface area (Å²) in [7, 11) is 0. The molecule has 164 valence electrons. The molecule has 0 aliphatic rings. The molecule has 0 saturated heterocycles. The minimum absolute atomic E-state index is 0.0103. The van der Waals surface area contributed by atoms with Crippen molar-refractivity contribution in [2.45, 2.75) is 66.5 Å². The van der Waals surface area contributed by atoms with E-state index in [1.807, 2.05) is 35.2 Å². The smallest absolute Gasteiger partial charge is 0.242 e. The Kier molecular flexibility index (Phi) is 10.1. The maximum atomic E-state index is 13.3. The Morgan fingerprint density at radius 3 is 2.30 bits per heavy atom. The minimum atomic E-state index is 0.0103. The number of unbranched alkanes of at least 4 members (excludes halogenated alkanes) is 2. The summed E-state index contributed by atoms with van der Waals surface area (Å²) in [4.78, 5) is 31.0. The Balaban J connectivity index is 2.14. The van der Waals surface area contributed by atoms with E-state index in [1.165, 1.54) is 10.4 Å². The predicted octanol–water partition coefficient (Wildman–Crippen LogP) is 5.65. The Bertz CT molecular complexity index is 785. The lowest BCUT2D eigenvalue weighted by Gasteiger charge is -2.29. The number of amides is 2. The number of thiophene rings is 1. The van der Waals surface area contributed by atoms with E-state index in [1.54, 1.807) is 16.2 Å². The van der Waals surface area contributed by atoms with Gasteiger partial charge in [-0.25, -0.2) is 0 Å². The average molecular weight is 429 g/mol. The fraction of sp³-hybridized carbons (Fsp3) is 0.520. The number of rotatable bonds is 12. The first-order chi connectivity index (χ1) is 14.4. The largest absolute Gasteiger partial charge is 0.333 e. The van der Waals surface area contributed by atoms with Gasteiger partial charge < -0.3 is 9.80 Å². The monoisotopic (exact) mass is 428 g/mol. The van der Waals surface area contributed by atoms with E-state index in [2.05, 4.69) is 39.1 Å². The summed E-state index contributed by atoms with van der Waals surface area (Å²) in [5.41, 5.74) is 2.31.